The first-order valence-corrected chi connectivity index (χ1v) is 9.70. The number of nitrogens with zero attached hydrogens (tertiary/aromatic N) is 1. The number of ether oxygens (including phenoxy) is 3. The van der Waals surface area contributed by atoms with E-state index in [1.165, 1.54) is 11.1 Å². The van der Waals surface area contributed by atoms with E-state index in [-0.39, 0.29) is 5.41 Å². The highest BCUT2D eigenvalue weighted by atomic mass is 16.7. The summed E-state index contributed by atoms with van der Waals surface area (Å²) in [6, 6.07) is 16.8. The molecule has 6 nitrogen and oxygen atoms in total. The van der Waals surface area contributed by atoms with Crippen molar-refractivity contribution >= 4 is 11.6 Å². The predicted molar refractivity (Wildman–Crippen MR) is 110 cm³/mol. The Hall–Kier alpha value is -2.57. The molecule has 0 atom stereocenters. The average Bonchev–Trinajstić information content (AvgIpc) is 3.23. The Balaban J connectivity index is 1.29. The Bertz CT molecular complexity index is 797. The van der Waals surface area contributed by atoms with E-state index in [4.69, 9.17) is 14.2 Å². The van der Waals surface area contributed by atoms with Crippen LogP contribution in [0.2, 0.25) is 0 Å². The Morgan fingerprint density at radius 3 is 2.36 bits per heavy atom. The van der Waals surface area contributed by atoms with Gasteiger partial charge in [0.15, 0.2) is 5.96 Å². The second-order valence-corrected chi connectivity index (χ2v) is 7.71. The van der Waals surface area contributed by atoms with Gasteiger partial charge in [-0.05, 0) is 41.8 Å². The zero-order valence-corrected chi connectivity index (χ0v) is 16.2. The van der Waals surface area contributed by atoms with Gasteiger partial charge in [-0.1, -0.05) is 31.2 Å². The first kappa shape index (κ1) is 18.8. The maximum atomic E-state index is 5.95. The van der Waals surface area contributed by atoms with Crippen molar-refractivity contribution in [3.63, 3.8) is 0 Å². The fourth-order valence-electron chi connectivity index (χ4n) is 3.28. The second-order valence-electron chi connectivity index (χ2n) is 7.71. The molecule has 0 saturated carbocycles. The SMILES string of the molecule is CC1(COc2ccc(Cc3ccc(NC4=NCCN4)cc3)cc2)COCOC1. The van der Waals surface area contributed by atoms with Gasteiger partial charge in [-0.3, -0.25) is 4.99 Å². The van der Waals surface area contributed by atoms with Crippen molar-refractivity contribution in [3.05, 3.63) is 59.7 Å². The van der Waals surface area contributed by atoms with Crippen LogP contribution in [-0.2, 0) is 15.9 Å². The van der Waals surface area contributed by atoms with Crippen molar-refractivity contribution in [1.82, 2.24) is 5.32 Å². The highest BCUT2D eigenvalue weighted by Crippen LogP contribution is 2.24. The molecule has 0 aliphatic carbocycles. The molecule has 2 aromatic rings. The molecule has 4 rings (SSSR count). The summed E-state index contributed by atoms with van der Waals surface area (Å²) in [5.74, 6) is 1.73. The summed E-state index contributed by atoms with van der Waals surface area (Å²) in [4.78, 5) is 4.35. The second kappa shape index (κ2) is 8.63. The number of nitrogens with one attached hydrogen (secondary N) is 2. The first-order valence-electron chi connectivity index (χ1n) is 9.70. The van der Waals surface area contributed by atoms with Crippen LogP contribution in [0, 0.1) is 5.41 Å². The minimum absolute atomic E-state index is 0.0910. The standard InChI is InChI=1S/C22H27N3O3/c1-22(13-26-16-27-14-22)15-28-20-8-4-18(5-9-20)12-17-2-6-19(7-3-17)25-21-23-10-11-24-21/h2-9H,10-16H2,1H3,(H2,23,24,25). The summed E-state index contributed by atoms with van der Waals surface area (Å²) in [7, 11) is 0. The van der Waals surface area contributed by atoms with Gasteiger partial charge < -0.3 is 24.8 Å². The third-order valence-electron chi connectivity index (χ3n) is 4.88. The molecule has 0 unspecified atom stereocenters. The van der Waals surface area contributed by atoms with Crippen molar-refractivity contribution in [3.8, 4) is 5.75 Å². The normalized spacial score (nSPS) is 18.2. The smallest absolute Gasteiger partial charge is 0.195 e. The minimum Gasteiger partial charge on any atom is -0.493 e. The van der Waals surface area contributed by atoms with Gasteiger partial charge >= 0.3 is 0 Å². The summed E-state index contributed by atoms with van der Waals surface area (Å²) in [6.45, 7) is 6.16. The molecule has 0 radical (unpaired) electrons. The molecule has 28 heavy (non-hydrogen) atoms. The van der Waals surface area contributed by atoms with E-state index >= 15 is 0 Å². The molecule has 2 aliphatic heterocycles. The summed E-state index contributed by atoms with van der Waals surface area (Å²) >= 11 is 0. The van der Waals surface area contributed by atoms with Crippen LogP contribution in [-0.4, -0.2) is 45.7 Å². The van der Waals surface area contributed by atoms with Crippen LogP contribution in [0.5, 0.6) is 5.75 Å². The average molecular weight is 381 g/mol. The van der Waals surface area contributed by atoms with Crippen LogP contribution in [0.25, 0.3) is 0 Å². The Morgan fingerprint density at radius 2 is 1.71 bits per heavy atom. The quantitative estimate of drug-likeness (QED) is 0.805. The van der Waals surface area contributed by atoms with E-state index < -0.39 is 0 Å². The highest BCUT2D eigenvalue weighted by molar-refractivity contribution is 5.94. The first-order chi connectivity index (χ1) is 13.7. The van der Waals surface area contributed by atoms with Gasteiger partial charge in [-0.25, -0.2) is 0 Å². The van der Waals surface area contributed by atoms with Crippen LogP contribution in [0.15, 0.2) is 53.5 Å². The number of anilines is 1. The molecular weight excluding hydrogens is 354 g/mol. The maximum Gasteiger partial charge on any atom is 0.195 e. The molecule has 0 amide bonds. The lowest BCUT2D eigenvalue weighted by Crippen LogP contribution is -2.39. The molecular formula is C22H27N3O3. The zero-order valence-electron chi connectivity index (χ0n) is 16.2. The van der Waals surface area contributed by atoms with Crippen molar-refractivity contribution in [2.24, 2.45) is 10.4 Å². The van der Waals surface area contributed by atoms with Crippen LogP contribution in [0.1, 0.15) is 18.1 Å². The molecule has 2 aromatic carbocycles. The fraction of sp³-hybridized carbons (Fsp3) is 0.409. The topological polar surface area (TPSA) is 64.1 Å². The van der Waals surface area contributed by atoms with Gasteiger partial charge in [-0.15, -0.1) is 0 Å². The molecule has 0 spiro atoms. The molecule has 0 aromatic heterocycles. The van der Waals surface area contributed by atoms with E-state index in [2.05, 4.69) is 58.9 Å². The lowest BCUT2D eigenvalue weighted by molar-refractivity contribution is -0.167. The molecule has 6 heteroatoms. The summed E-state index contributed by atoms with van der Waals surface area (Å²) < 4.78 is 16.7. The Morgan fingerprint density at radius 1 is 1.04 bits per heavy atom. The predicted octanol–water partition coefficient (Wildman–Crippen LogP) is 3.04. The van der Waals surface area contributed by atoms with Crippen molar-refractivity contribution in [1.29, 1.82) is 0 Å². The third kappa shape index (κ3) is 5.03. The van der Waals surface area contributed by atoms with E-state index in [0.717, 1.165) is 36.9 Å². The number of rotatable bonds is 6. The Labute approximate surface area is 165 Å². The van der Waals surface area contributed by atoms with Crippen LogP contribution >= 0.6 is 0 Å². The number of hydrogen-bond donors (Lipinski definition) is 2. The van der Waals surface area contributed by atoms with E-state index in [0.29, 0.717) is 26.6 Å². The van der Waals surface area contributed by atoms with Gasteiger partial charge in [0.2, 0.25) is 0 Å². The van der Waals surface area contributed by atoms with Gasteiger partial charge in [0.1, 0.15) is 12.5 Å². The molecule has 1 saturated heterocycles. The molecule has 148 valence electrons. The van der Waals surface area contributed by atoms with E-state index in [1.54, 1.807) is 0 Å². The number of benzene rings is 2. The monoisotopic (exact) mass is 381 g/mol. The third-order valence-corrected chi connectivity index (χ3v) is 4.88. The summed E-state index contributed by atoms with van der Waals surface area (Å²) in [6.07, 6.45) is 0.888. The van der Waals surface area contributed by atoms with Gasteiger partial charge in [0.25, 0.3) is 0 Å². The lowest BCUT2D eigenvalue weighted by Gasteiger charge is -2.32. The fourth-order valence-corrected chi connectivity index (χ4v) is 3.28. The summed E-state index contributed by atoms with van der Waals surface area (Å²) in [5.41, 5.74) is 3.48. The van der Waals surface area contributed by atoms with Crippen molar-refractivity contribution in [2.75, 3.05) is 45.0 Å². The van der Waals surface area contributed by atoms with Gasteiger partial charge in [-0.2, -0.15) is 0 Å². The van der Waals surface area contributed by atoms with Crippen LogP contribution < -0.4 is 15.4 Å². The largest absolute Gasteiger partial charge is 0.493 e. The number of aliphatic imine (C=N–C) groups is 1. The molecule has 2 N–H and O–H groups in total. The minimum atomic E-state index is -0.0910. The van der Waals surface area contributed by atoms with E-state index in [9.17, 15) is 0 Å². The number of hydrogen-bond acceptors (Lipinski definition) is 6. The van der Waals surface area contributed by atoms with Crippen LogP contribution in [0.3, 0.4) is 0 Å². The molecule has 0 bridgehead atoms. The number of guanidine groups is 1. The molecule has 1 fully saturated rings. The van der Waals surface area contributed by atoms with Gasteiger partial charge in [0.05, 0.1) is 26.4 Å². The molecule has 2 aliphatic rings. The van der Waals surface area contributed by atoms with Gasteiger partial charge in [0, 0.05) is 17.6 Å². The van der Waals surface area contributed by atoms with Crippen molar-refractivity contribution in [2.45, 2.75) is 13.3 Å². The maximum absolute atomic E-state index is 5.95. The van der Waals surface area contributed by atoms with Crippen LogP contribution in [0.4, 0.5) is 5.69 Å². The Kier molecular flexibility index (Phi) is 5.78. The summed E-state index contributed by atoms with van der Waals surface area (Å²) in [5, 5.41) is 6.50. The zero-order chi connectivity index (χ0) is 19.2. The highest BCUT2D eigenvalue weighted by Gasteiger charge is 2.29. The molecule has 2 heterocycles. The lowest BCUT2D eigenvalue weighted by atomic mass is 9.94. The van der Waals surface area contributed by atoms with Crippen molar-refractivity contribution < 1.29 is 14.2 Å². The van der Waals surface area contributed by atoms with E-state index in [1.807, 2.05) is 12.1 Å².